The summed E-state index contributed by atoms with van der Waals surface area (Å²) >= 11 is 2.47. The Hall–Kier alpha value is -4.48. The molecule has 0 aliphatic rings. The summed E-state index contributed by atoms with van der Waals surface area (Å²) in [5.74, 6) is -0.649. The van der Waals surface area contributed by atoms with E-state index in [0.29, 0.717) is 15.9 Å². The molecule has 266 valence electrons. The van der Waals surface area contributed by atoms with Gasteiger partial charge >= 0.3 is 25.7 Å². The van der Waals surface area contributed by atoms with E-state index in [1.165, 1.54) is 37.1 Å². The lowest BCUT2D eigenvalue weighted by atomic mass is 10.2. The van der Waals surface area contributed by atoms with E-state index in [1.54, 1.807) is 30.3 Å². The number of hydrogen-bond donors (Lipinski definition) is 1. The Kier molecular flexibility index (Phi) is 15.4. The molecule has 0 saturated heterocycles. The van der Waals surface area contributed by atoms with E-state index in [9.17, 15) is 44.1 Å². The Morgan fingerprint density at radius 3 is 1.64 bits per heavy atom. The molecule has 50 heavy (non-hydrogen) atoms. The number of carbonyl (C=O) groups is 1. The number of carbonyl (C=O) groups excluding carboxylic acids is 1. The highest BCUT2D eigenvalue weighted by Gasteiger charge is 2.45. The van der Waals surface area contributed by atoms with Gasteiger partial charge in [-0.3, -0.25) is 17.7 Å². The molecule has 0 bridgehead atoms. The predicted molar refractivity (Wildman–Crippen MR) is 174 cm³/mol. The van der Waals surface area contributed by atoms with Gasteiger partial charge in [0, 0.05) is 14.6 Å². The normalized spacial score (nSPS) is 11.4. The molecule has 1 N–H and O–H groups in total. The molecule has 0 saturated carbocycles. The van der Waals surface area contributed by atoms with E-state index in [2.05, 4.69) is 0 Å². The zero-order chi connectivity index (χ0) is 36.4. The lowest BCUT2D eigenvalue weighted by Gasteiger charge is -2.12. The Labute approximate surface area is 288 Å². The quantitative estimate of drug-likeness (QED) is 0.0903. The number of aldehydes is 1. The molecule has 3 heterocycles. The average Bonchev–Trinajstić information content (AvgIpc) is 3.80. The van der Waals surface area contributed by atoms with E-state index in [1.807, 2.05) is 72.8 Å². The number of halogens is 10. The summed E-state index contributed by atoms with van der Waals surface area (Å²) in [5.41, 5.74) is 3.17. The third-order valence-electron chi connectivity index (χ3n) is 6.56. The van der Waals surface area contributed by atoms with Gasteiger partial charge in [0.25, 0.3) is 0 Å². The molecule has 3 aromatic carbocycles. The maximum atomic E-state index is 12.7. The van der Waals surface area contributed by atoms with Gasteiger partial charge in [-0.1, -0.05) is 72.8 Å². The standard InChI is InChI=1S/C12H9F3OS.C11H8OS.C10H10F3N2.BF3.FH/c13-12(14,15)11(16)10-7-6-9(17-10)8-4-2-1-3-5-8;12-8-10-6-7-11(13-10)9-4-2-1-3-5-9;1-14-7-5-3-4-6-8(7)15(2)9(14)10(11,12)13;2-1(3)4;/h1-7,11,16H;1-8H;3-6H,1-2H3;;1H/q;;+1;;/p-1. The van der Waals surface area contributed by atoms with Gasteiger partial charge in [0.2, 0.25) is 0 Å². The number of aromatic nitrogens is 2. The van der Waals surface area contributed by atoms with Crippen LogP contribution in [-0.4, -0.2) is 29.7 Å². The van der Waals surface area contributed by atoms with Gasteiger partial charge in [-0.15, -0.1) is 22.7 Å². The van der Waals surface area contributed by atoms with Crippen LogP contribution in [-0.2, 0) is 20.3 Å². The van der Waals surface area contributed by atoms with Crippen molar-refractivity contribution in [1.29, 1.82) is 0 Å². The van der Waals surface area contributed by atoms with Gasteiger partial charge in [0.1, 0.15) is 0 Å². The molecular formula is C33H27BF10N2O2S2. The number of hydrogen-bond acceptors (Lipinski definition) is 4. The molecule has 0 fully saturated rings. The summed E-state index contributed by atoms with van der Waals surface area (Å²) in [5, 5.41) is 9.10. The minimum absolute atomic E-state index is 0. The van der Waals surface area contributed by atoms with E-state index in [0.717, 1.165) is 42.1 Å². The number of nitrogens with zero attached hydrogens (tertiary/aromatic N) is 2. The van der Waals surface area contributed by atoms with Crippen molar-refractivity contribution in [3.8, 4) is 20.9 Å². The Morgan fingerprint density at radius 2 is 1.20 bits per heavy atom. The first-order chi connectivity index (χ1) is 23.0. The second-order valence-corrected chi connectivity index (χ2v) is 12.1. The summed E-state index contributed by atoms with van der Waals surface area (Å²) in [4.78, 5) is 13.0. The fourth-order valence-electron chi connectivity index (χ4n) is 4.46. The first-order valence-corrected chi connectivity index (χ1v) is 15.6. The number of aryl methyl sites for hydroxylation is 2. The van der Waals surface area contributed by atoms with Crippen LogP contribution < -0.4 is 9.27 Å². The molecule has 3 aromatic heterocycles. The minimum atomic E-state index is -4.61. The van der Waals surface area contributed by atoms with Crippen molar-refractivity contribution in [2.45, 2.75) is 18.5 Å². The SMILES string of the molecule is Cn1c(C(F)(F)F)[n+](C)c2ccccc21.FB(F)F.O=Cc1ccc(-c2ccccc2)s1.OC(c1ccc(-c2ccccc2)s1)C(F)(F)F.[F-]. The van der Waals surface area contributed by atoms with Crippen LogP contribution in [0.4, 0.5) is 39.3 Å². The molecule has 0 aliphatic heterocycles. The number of thiophene rings is 2. The molecular weight excluding hydrogens is 721 g/mol. The van der Waals surface area contributed by atoms with Gasteiger partial charge in [-0.2, -0.15) is 26.3 Å². The van der Waals surface area contributed by atoms with E-state index >= 15 is 0 Å². The van der Waals surface area contributed by atoms with Gasteiger partial charge < -0.3 is 9.81 Å². The first kappa shape index (κ1) is 41.7. The van der Waals surface area contributed by atoms with Gasteiger partial charge in [0.05, 0.1) is 19.0 Å². The molecule has 6 aromatic rings. The van der Waals surface area contributed by atoms with Crippen LogP contribution in [0.1, 0.15) is 26.5 Å². The summed E-state index contributed by atoms with van der Waals surface area (Å²) in [6.45, 7) is 0. The molecule has 4 nitrogen and oxygen atoms in total. The molecule has 0 radical (unpaired) electrons. The van der Waals surface area contributed by atoms with E-state index < -0.39 is 31.8 Å². The van der Waals surface area contributed by atoms with Crippen LogP contribution in [0.5, 0.6) is 0 Å². The number of alkyl halides is 6. The number of para-hydroxylation sites is 2. The minimum Gasteiger partial charge on any atom is -1.00 e. The third kappa shape index (κ3) is 11.6. The van der Waals surface area contributed by atoms with Crippen molar-refractivity contribution < 1.29 is 58.5 Å². The van der Waals surface area contributed by atoms with Crippen LogP contribution in [0.15, 0.2) is 109 Å². The number of imidazole rings is 1. The lowest BCUT2D eigenvalue weighted by molar-refractivity contribution is -0.667. The summed E-state index contributed by atoms with van der Waals surface area (Å²) in [6.07, 6.45) is -10.5. The van der Waals surface area contributed by atoms with Crippen molar-refractivity contribution in [1.82, 2.24) is 4.57 Å². The van der Waals surface area contributed by atoms with Crippen molar-refractivity contribution >= 4 is 47.5 Å². The number of aliphatic hydroxyl groups is 1. The maximum Gasteiger partial charge on any atom is 0.762 e. The van der Waals surface area contributed by atoms with Crippen LogP contribution >= 0.6 is 22.7 Å². The summed E-state index contributed by atoms with van der Waals surface area (Å²) < 4.78 is 106. The second kappa shape index (κ2) is 18.5. The number of fused-ring (bicyclic) bond motifs is 1. The molecule has 0 aliphatic carbocycles. The van der Waals surface area contributed by atoms with Crippen molar-refractivity contribution in [2.24, 2.45) is 14.1 Å². The van der Waals surface area contributed by atoms with E-state index in [-0.39, 0.29) is 9.58 Å². The maximum absolute atomic E-state index is 12.7. The molecule has 1 atom stereocenters. The Balaban J connectivity index is 0.000000246. The Morgan fingerprint density at radius 1 is 0.740 bits per heavy atom. The number of benzene rings is 3. The van der Waals surface area contributed by atoms with E-state index in [4.69, 9.17) is 5.11 Å². The van der Waals surface area contributed by atoms with Crippen LogP contribution in [0.3, 0.4) is 0 Å². The van der Waals surface area contributed by atoms with Gasteiger partial charge in [-0.05, 0) is 47.5 Å². The van der Waals surface area contributed by atoms with Crippen molar-refractivity contribution in [3.63, 3.8) is 0 Å². The second-order valence-electron chi connectivity index (χ2n) is 9.87. The highest BCUT2D eigenvalue weighted by Crippen LogP contribution is 2.38. The van der Waals surface area contributed by atoms with Gasteiger partial charge in [0.15, 0.2) is 23.4 Å². The summed E-state index contributed by atoms with van der Waals surface area (Å²) in [7, 11) is -0.823. The average molecular weight is 749 g/mol. The molecule has 0 amide bonds. The largest absolute Gasteiger partial charge is 1.00 e. The molecule has 6 rings (SSSR count). The van der Waals surface area contributed by atoms with Crippen LogP contribution in [0, 0.1) is 0 Å². The fraction of sp³-hybridized carbons (Fsp3) is 0.152. The monoisotopic (exact) mass is 748 g/mol. The first-order valence-electron chi connectivity index (χ1n) is 14.0. The van der Waals surface area contributed by atoms with Crippen LogP contribution in [0.2, 0.25) is 0 Å². The topological polar surface area (TPSA) is 46.1 Å². The van der Waals surface area contributed by atoms with Crippen molar-refractivity contribution in [3.05, 3.63) is 125 Å². The highest BCUT2D eigenvalue weighted by molar-refractivity contribution is 7.17. The smallest absolute Gasteiger partial charge is 0.762 e. The third-order valence-corrected chi connectivity index (χ3v) is 8.81. The fourth-order valence-corrected chi connectivity index (χ4v) is 6.31. The van der Waals surface area contributed by atoms with Gasteiger partial charge in [-0.25, -0.2) is 9.13 Å². The Bertz CT molecular complexity index is 1870. The highest BCUT2D eigenvalue weighted by atomic mass is 32.1. The molecule has 17 heteroatoms. The lowest BCUT2D eigenvalue weighted by Crippen LogP contribution is -3.00. The number of aliphatic hydroxyl groups excluding tert-OH is 1. The number of rotatable bonds is 4. The predicted octanol–water partition coefficient (Wildman–Crippen LogP) is 7.14. The molecule has 0 spiro atoms. The van der Waals surface area contributed by atoms with Crippen LogP contribution in [0.25, 0.3) is 31.9 Å². The van der Waals surface area contributed by atoms with Crippen molar-refractivity contribution in [2.75, 3.05) is 0 Å². The molecule has 1 unspecified atom stereocenters. The summed E-state index contributed by atoms with van der Waals surface area (Å²) in [6, 6.07) is 32.7. The zero-order valence-electron chi connectivity index (χ0n) is 26.0. The zero-order valence-corrected chi connectivity index (χ0v) is 27.6.